The summed E-state index contributed by atoms with van der Waals surface area (Å²) >= 11 is 0. The number of nitrogens with zero attached hydrogens (tertiary/aromatic N) is 1. The molecule has 0 spiro atoms. The van der Waals surface area contributed by atoms with Crippen molar-refractivity contribution in [2.75, 3.05) is 19.6 Å². The Kier molecular flexibility index (Phi) is 2.47. The van der Waals surface area contributed by atoms with E-state index in [-0.39, 0.29) is 0 Å². The second kappa shape index (κ2) is 3.95. The van der Waals surface area contributed by atoms with Gasteiger partial charge in [0.1, 0.15) is 0 Å². The van der Waals surface area contributed by atoms with Gasteiger partial charge in [0, 0.05) is 31.7 Å². The van der Waals surface area contributed by atoms with Gasteiger partial charge in [0.05, 0.1) is 0 Å². The zero-order chi connectivity index (χ0) is 10.1. The van der Waals surface area contributed by atoms with Crippen molar-refractivity contribution in [3.05, 3.63) is 35.9 Å². The quantitative estimate of drug-likeness (QED) is 0.747. The van der Waals surface area contributed by atoms with Crippen LogP contribution in [0.2, 0.25) is 0 Å². The average molecular weight is 202 g/mol. The fourth-order valence-corrected chi connectivity index (χ4v) is 2.92. The number of hydrogen-bond acceptors (Lipinski definition) is 2. The van der Waals surface area contributed by atoms with Crippen molar-refractivity contribution in [1.82, 2.24) is 10.2 Å². The van der Waals surface area contributed by atoms with Crippen LogP contribution in [0.5, 0.6) is 0 Å². The fraction of sp³-hybridized carbons (Fsp3) is 0.538. The first-order valence-corrected chi connectivity index (χ1v) is 5.96. The molecule has 0 amide bonds. The highest BCUT2D eigenvalue weighted by molar-refractivity contribution is 5.20. The summed E-state index contributed by atoms with van der Waals surface area (Å²) in [4.78, 5) is 2.64. The molecule has 1 aromatic carbocycles. The van der Waals surface area contributed by atoms with Crippen LogP contribution in [0, 0.1) is 0 Å². The Labute approximate surface area is 91.3 Å². The maximum Gasteiger partial charge on any atom is 0.0349 e. The summed E-state index contributed by atoms with van der Waals surface area (Å²) in [5.41, 5.74) is 1.50. The Hall–Kier alpha value is -0.860. The molecular weight excluding hydrogens is 184 g/mol. The Morgan fingerprint density at radius 1 is 1.13 bits per heavy atom. The maximum atomic E-state index is 3.58. The van der Waals surface area contributed by atoms with Gasteiger partial charge in [-0.2, -0.15) is 0 Å². The Bertz CT molecular complexity index is 323. The van der Waals surface area contributed by atoms with Gasteiger partial charge >= 0.3 is 0 Å². The van der Waals surface area contributed by atoms with Gasteiger partial charge in [-0.05, 0) is 18.4 Å². The molecule has 2 aliphatic heterocycles. The van der Waals surface area contributed by atoms with Crippen molar-refractivity contribution >= 4 is 0 Å². The van der Waals surface area contributed by atoms with Gasteiger partial charge in [0.25, 0.3) is 0 Å². The van der Waals surface area contributed by atoms with Crippen LogP contribution in [-0.2, 0) is 0 Å². The lowest BCUT2D eigenvalue weighted by Crippen LogP contribution is -2.54. The summed E-state index contributed by atoms with van der Waals surface area (Å²) in [6.07, 6.45) is 2.64. The van der Waals surface area contributed by atoms with Gasteiger partial charge in [-0.15, -0.1) is 0 Å². The number of hydrogen-bond donors (Lipinski definition) is 1. The third-order valence-corrected chi connectivity index (χ3v) is 3.70. The highest BCUT2D eigenvalue weighted by Crippen LogP contribution is 2.31. The lowest BCUT2D eigenvalue weighted by atomic mass is 9.91. The molecule has 2 heteroatoms. The van der Waals surface area contributed by atoms with E-state index >= 15 is 0 Å². The van der Waals surface area contributed by atoms with E-state index in [1.807, 2.05) is 0 Å². The minimum absolute atomic E-state index is 0.671. The normalized spacial score (nSPS) is 35.1. The molecule has 80 valence electrons. The highest BCUT2D eigenvalue weighted by Gasteiger charge is 2.31. The molecule has 2 saturated heterocycles. The molecule has 3 atom stereocenters. The molecule has 3 rings (SSSR count). The first-order chi connectivity index (χ1) is 7.43. The summed E-state index contributed by atoms with van der Waals surface area (Å²) in [5, 5.41) is 3.58. The van der Waals surface area contributed by atoms with Gasteiger partial charge in [-0.1, -0.05) is 30.3 Å². The zero-order valence-electron chi connectivity index (χ0n) is 9.02. The van der Waals surface area contributed by atoms with E-state index in [1.165, 1.54) is 31.5 Å². The number of piperazine rings is 1. The van der Waals surface area contributed by atoms with Crippen LogP contribution in [0.25, 0.3) is 0 Å². The summed E-state index contributed by atoms with van der Waals surface area (Å²) in [6, 6.07) is 12.4. The number of nitrogens with one attached hydrogen (secondary N) is 1. The summed E-state index contributed by atoms with van der Waals surface area (Å²) < 4.78 is 0. The van der Waals surface area contributed by atoms with Crippen LogP contribution >= 0.6 is 0 Å². The number of piperidine rings is 1. The second-order valence-electron chi connectivity index (χ2n) is 4.65. The van der Waals surface area contributed by atoms with Crippen molar-refractivity contribution in [2.45, 2.75) is 24.9 Å². The molecule has 2 fully saturated rings. The average Bonchev–Trinajstić information content (AvgIpc) is 2.31. The van der Waals surface area contributed by atoms with Crippen LogP contribution in [-0.4, -0.2) is 30.6 Å². The van der Waals surface area contributed by atoms with E-state index in [1.54, 1.807) is 0 Å². The molecule has 15 heavy (non-hydrogen) atoms. The summed E-state index contributed by atoms with van der Waals surface area (Å²) in [7, 11) is 0. The first-order valence-electron chi connectivity index (χ1n) is 5.96. The third-order valence-electron chi connectivity index (χ3n) is 3.70. The van der Waals surface area contributed by atoms with Crippen LogP contribution in [0.4, 0.5) is 0 Å². The minimum Gasteiger partial charge on any atom is -0.311 e. The summed E-state index contributed by atoms with van der Waals surface area (Å²) in [6.45, 7) is 3.60. The van der Waals surface area contributed by atoms with Crippen LogP contribution < -0.4 is 5.32 Å². The predicted octanol–water partition coefficient (Wildman–Crippen LogP) is 1.80. The smallest absolute Gasteiger partial charge is 0.0349 e. The van der Waals surface area contributed by atoms with Crippen molar-refractivity contribution < 1.29 is 0 Å². The third kappa shape index (κ3) is 1.80. The molecule has 2 unspecified atom stereocenters. The zero-order valence-corrected chi connectivity index (χ0v) is 9.02. The van der Waals surface area contributed by atoms with E-state index in [0.717, 1.165) is 12.6 Å². The van der Waals surface area contributed by atoms with Gasteiger partial charge in [-0.25, -0.2) is 0 Å². The van der Waals surface area contributed by atoms with Gasteiger partial charge in [-0.3, -0.25) is 4.90 Å². The molecule has 0 aromatic heterocycles. The highest BCUT2D eigenvalue weighted by atomic mass is 15.2. The number of rotatable bonds is 1. The topological polar surface area (TPSA) is 15.3 Å². The van der Waals surface area contributed by atoms with Crippen molar-refractivity contribution in [3.8, 4) is 0 Å². The van der Waals surface area contributed by atoms with Gasteiger partial charge in [0.15, 0.2) is 0 Å². The molecule has 2 nitrogen and oxygen atoms in total. The van der Waals surface area contributed by atoms with Gasteiger partial charge in [0.2, 0.25) is 0 Å². The molecular formula is C13H18N2. The van der Waals surface area contributed by atoms with E-state index in [9.17, 15) is 0 Å². The largest absolute Gasteiger partial charge is 0.311 e. The molecule has 0 radical (unpaired) electrons. The molecule has 0 saturated carbocycles. The van der Waals surface area contributed by atoms with Crippen LogP contribution in [0.1, 0.15) is 24.4 Å². The summed E-state index contributed by atoms with van der Waals surface area (Å²) in [5.74, 6) is 0. The van der Waals surface area contributed by atoms with E-state index in [2.05, 4.69) is 40.5 Å². The van der Waals surface area contributed by atoms with E-state index in [4.69, 9.17) is 0 Å². The number of benzene rings is 1. The SMILES string of the molecule is c1ccc(C2CC[C@H]3CN2CCN3)cc1. The Balaban J connectivity index is 1.81. The van der Waals surface area contributed by atoms with Crippen LogP contribution in [0.3, 0.4) is 0 Å². The molecule has 2 bridgehead atoms. The number of fused-ring (bicyclic) bond motifs is 2. The first kappa shape index (κ1) is 9.37. The van der Waals surface area contributed by atoms with Crippen molar-refractivity contribution in [3.63, 3.8) is 0 Å². The maximum absolute atomic E-state index is 3.58. The molecule has 1 aromatic rings. The monoisotopic (exact) mass is 202 g/mol. The lowest BCUT2D eigenvalue weighted by Gasteiger charge is -2.44. The molecule has 0 aliphatic carbocycles. The second-order valence-corrected chi connectivity index (χ2v) is 4.65. The predicted molar refractivity (Wildman–Crippen MR) is 61.8 cm³/mol. The molecule has 2 heterocycles. The van der Waals surface area contributed by atoms with E-state index < -0.39 is 0 Å². The Morgan fingerprint density at radius 3 is 2.87 bits per heavy atom. The van der Waals surface area contributed by atoms with Gasteiger partial charge < -0.3 is 5.32 Å². The fourth-order valence-electron chi connectivity index (χ4n) is 2.92. The van der Waals surface area contributed by atoms with Crippen LogP contribution in [0.15, 0.2) is 30.3 Å². The standard InChI is InChI=1S/C13H18N2/c1-2-4-11(5-3-1)13-7-6-12-10-15(13)9-8-14-12/h1-5,12-14H,6-10H2/t12-,13?/m0/s1. The molecule has 2 aliphatic rings. The van der Waals surface area contributed by atoms with Crippen molar-refractivity contribution in [2.24, 2.45) is 0 Å². The van der Waals surface area contributed by atoms with E-state index in [0.29, 0.717) is 6.04 Å². The van der Waals surface area contributed by atoms with Crippen molar-refractivity contribution in [1.29, 1.82) is 0 Å². The lowest BCUT2D eigenvalue weighted by molar-refractivity contribution is 0.0904. The molecule has 1 N–H and O–H groups in total. The minimum atomic E-state index is 0.671. The Morgan fingerprint density at radius 2 is 2.00 bits per heavy atom.